The summed E-state index contributed by atoms with van der Waals surface area (Å²) in [5.74, 6) is -0.239. The minimum atomic E-state index is -0.445. The quantitative estimate of drug-likeness (QED) is 0.769. The summed E-state index contributed by atoms with van der Waals surface area (Å²) in [5.41, 5.74) is 0.853. The second-order valence-electron chi connectivity index (χ2n) is 6.30. The molecule has 138 valence electrons. The normalized spacial score (nSPS) is 15.5. The third-order valence-corrected chi connectivity index (χ3v) is 4.63. The van der Waals surface area contributed by atoms with Gasteiger partial charge in [0.2, 0.25) is 0 Å². The van der Waals surface area contributed by atoms with Crippen molar-refractivity contribution >= 4 is 22.6 Å². The lowest BCUT2D eigenvalue weighted by Crippen LogP contribution is -2.42. The van der Waals surface area contributed by atoms with Gasteiger partial charge in [-0.1, -0.05) is 24.3 Å². The van der Waals surface area contributed by atoms with Crippen molar-refractivity contribution in [1.82, 2.24) is 4.90 Å². The van der Waals surface area contributed by atoms with Crippen LogP contribution in [0.1, 0.15) is 18.4 Å². The van der Waals surface area contributed by atoms with Crippen molar-refractivity contribution in [2.45, 2.75) is 12.8 Å². The first-order valence-corrected chi connectivity index (χ1v) is 8.68. The maximum atomic E-state index is 12.3. The molecule has 6 heteroatoms. The second kappa shape index (κ2) is 8.19. The van der Waals surface area contributed by atoms with E-state index in [0.29, 0.717) is 26.3 Å². The molecular formula is C20H23NO5. The molecular weight excluding hydrogens is 334 g/mol. The van der Waals surface area contributed by atoms with Crippen LogP contribution in [0, 0.1) is 0 Å². The number of carbonyl (C=O) groups excluding carboxylic acids is 2. The van der Waals surface area contributed by atoms with E-state index in [1.807, 2.05) is 36.4 Å². The minimum absolute atomic E-state index is 0.181. The second-order valence-corrected chi connectivity index (χ2v) is 6.30. The lowest BCUT2D eigenvalue weighted by atomic mass is 9.98. The first-order valence-electron chi connectivity index (χ1n) is 8.68. The highest BCUT2D eigenvalue weighted by Gasteiger charge is 2.21. The van der Waals surface area contributed by atoms with E-state index in [-0.39, 0.29) is 12.5 Å². The topological polar surface area (TPSA) is 65.1 Å². The van der Waals surface area contributed by atoms with Crippen LogP contribution in [0.25, 0.3) is 10.8 Å². The molecule has 1 saturated heterocycles. The van der Waals surface area contributed by atoms with Gasteiger partial charge in [-0.05, 0) is 35.4 Å². The lowest BCUT2D eigenvalue weighted by molar-refractivity contribution is -0.154. The number of fused-ring (bicyclic) bond motifs is 1. The summed E-state index contributed by atoms with van der Waals surface area (Å²) in [6, 6.07) is 11.6. The number of nitrogens with zero attached hydrogens (tertiary/aromatic N) is 1. The molecule has 0 spiro atoms. The van der Waals surface area contributed by atoms with Crippen LogP contribution in [0.4, 0.5) is 0 Å². The van der Waals surface area contributed by atoms with Crippen molar-refractivity contribution in [2.24, 2.45) is 0 Å². The van der Waals surface area contributed by atoms with Crippen LogP contribution < -0.4 is 4.74 Å². The largest absolute Gasteiger partial charge is 0.497 e. The number of ether oxygens (including phenoxy) is 3. The van der Waals surface area contributed by atoms with Crippen LogP contribution in [-0.4, -0.2) is 56.8 Å². The lowest BCUT2D eigenvalue weighted by Gasteiger charge is -2.26. The zero-order valence-corrected chi connectivity index (χ0v) is 15.1. The van der Waals surface area contributed by atoms with Gasteiger partial charge in [-0.15, -0.1) is 0 Å². The molecule has 0 radical (unpaired) electrons. The fraction of sp³-hybridized carbons (Fsp3) is 0.400. The van der Waals surface area contributed by atoms with Crippen LogP contribution in [0.3, 0.4) is 0 Å². The maximum Gasteiger partial charge on any atom is 0.313 e. The van der Waals surface area contributed by atoms with Gasteiger partial charge < -0.3 is 19.1 Å². The number of morpholine rings is 1. The Kier molecular flexibility index (Phi) is 5.73. The molecule has 1 fully saturated rings. The van der Waals surface area contributed by atoms with E-state index in [1.54, 1.807) is 18.9 Å². The van der Waals surface area contributed by atoms with Gasteiger partial charge in [0.05, 0.1) is 26.2 Å². The Bertz CT molecular complexity index is 798. The molecule has 1 amide bonds. The van der Waals surface area contributed by atoms with E-state index in [0.717, 1.165) is 22.1 Å². The molecule has 0 bridgehead atoms. The van der Waals surface area contributed by atoms with E-state index in [2.05, 4.69) is 0 Å². The number of hydrogen-bond acceptors (Lipinski definition) is 5. The van der Waals surface area contributed by atoms with Crippen molar-refractivity contribution in [2.75, 3.05) is 40.0 Å². The number of carbonyl (C=O) groups is 2. The van der Waals surface area contributed by atoms with Gasteiger partial charge in [0.25, 0.3) is 5.91 Å². The number of benzene rings is 2. The van der Waals surface area contributed by atoms with Crippen LogP contribution in [0.2, 0.25) is 0 Å². The molecule has 2 aromatic carbocycles. The molecule has 0 N–H and O–H groups in total. The highest BCUT2D eigenvalue weighted by Crippen LogP contribution is 2.25. The Balaban J connectivity index is 1.62. The molecule has 1 atom stereocenters. The first kappa shape index (κ1) is 18.2. The average Bonchev–Trinajstić information content (AvgIpc) is 2.70. The van der Waals surface area contributed by atoms with E-state index < -0.39 is 11.9 Å². The molecule has 1 heterocycles. The summed E-state index contributed by atoms with van der Waals surface area (Å²) in [6.07, 6.45) is 0. The molecule has 3 rings (SSSR count). The fourth-order valence-corrected chi connectivity index (χ4v) is 2.94. The SMILES string of the molecule is COc1ccc2cc([C@H](C)C(=O)OCC(=O)N3CCOCC3)ccc2c1. The number of rotatable bonds is 5. The van der Waals surface area contributed by atoms with Crippen LogP contribution in [-0.2, 0) is 19.1 Å². The summed E-state index contributed by atoms with van der Waals surface area (Å²) < 4.78 is 15.7. The highest BCUT2D eigenvalue weighted by molar-refractivity contribution is 5.87. The van der Waals surface area contributed by atoms with Gasteiger partial charge in [0.1, 0.15) is 5.75 Å². The van der Waals surface area contributed by atoms with Crippen molar-refractivity contribution in [1.29, 1.82) is 0 Å². The zero-order chi connectivity index (χ0) is 18.5. The van der Waals surface area contributed by atoms with Crippen molar-refractivity contribution < 1.29 is 23.8 Å². The van der Waals surface area contributed by atoms with Gasteiger partial charge in [-0.2, -0.15) is 0 Å². The van der Waals surface area contributed by atoms with Crippen LogP contribution in [0.15, 0.2) is 36.4 Å². The molecule has 6 nitrogen and oxygen atoms in total. The Morgan fingerprint density at radius 3 is 2.54 bits per heavy atom. The Morgan fingerprint density at radius 1 is 1.12 bits per heavy atom. The van der Waals surface area contributed by atoms with E-state index in [4.69, 9.17) is 14.2 Å². The van der Waals surface area contributed by atoms with Gasteiger partial charge >= 0.3 is 5.97 Å². The zero-order valence-electron chi connectivity index (χ0n) is 15.1. The molecule has 1 aliphatic heterocycles. The number of esters is 1. The van der Waals surface area contributed by atoms with Crippen LogP contribution >= 0.6 is 0 Å². The van der Waals surface area contributed by atoms with E-state index >= 15 is 0 Å². The predicted molar refractivity (Wildman–Crippen MR) is 97.3 cm³/mol. The molecule has 0 aromatic heterocycles. The Labute approximate surface area is 152 Å². The highest BCUT2D eigenvalue weighted by atomic mass is 16.5. The maximum absolute atomic E-state index is 12.3. The standard InChI is InChI=1S/C20H23NO5/c1-14(20(23)26-13-19(22)21-7-9-25-10-8-21)15-3-4-17-12-18(24-2)6-5-16(17)11-15/h3-6,11-12,14H,7-10,13H2,1-2H3/t14-/m0/s1. The average molecular weight is 357 g/mol. The summed E-state index contributed by atoms with van der Waals surface area (Å²) >= 11 is 0. The van der Waals surface area contributed by atoms with E-state index in [1.165, 1.54) is 0 Å². The third kappa shape index (κ3) is 4.14. The minimum Gasteiger partial charge on any atom is -0.497 e. The summed E-state index contributed by atoms with van der Waals surface area (Å²) in [6.45, 7) is 3.69. The van der Waals surface area contributed by atoms with Crippen molar-refractivity contribution in [3.8, 4) is 5.75 Å². The van der Waals surface area contributed by atoms with Gasteiger partial charge in [-0.25, -0.2) is 0 Å². The third-order valence-electron chi connectivity index (χ3n) is 4.63. The molecule has 0 unspecified atom stereocenters. The summed E-state index contributed by atoms with van der Waals surface area (Å²) in [5, 5.41) is 2.06. The summed E-state index contributed by atoms with van der Waals surface area (Å²) in [7, 11) is 1.63. The number of amides is 1. The van der Waals surface area contributed by atoms with Crippen molar-refractivity contribution in [3.05, 3.63) is 42.0 Å². The summed E-state index contributed by atoms with van der Waals surface area (Å²) in [4.78, 5) is 26.1. The molecule has 0 aliphatic carbocycles. The molecule has 2 aromatic rings. The van der Waals surface area contributed by atoms with E-state index in [9.17, 15) is 9.59 Å². The number of methoxy groups -OCH3 is 1. The Morgan fingerprint density at radius 2 is 1.81 bits per heavy atom. The van der Waals surface area contributed by atoms with Crippen LogP contribution in [0.5, 0.6) is 5.75 Å². The Hall–Kier alpha value is -2.60. The smallest absolute Gasteiger partial charge is 0.313 e. The molecule has 26 heavy (non-hydrogen) atoms. The molecule has 0 saturated carbocycles. The van der Waals surface area contributed by atoms with Gasteiger partial charge in [0.15, 0.2) is 6.61 Å². The van der Waals surface area contributed by atoms with Crippen molar-refractivity contribution in [3.63, 3.8) is 0 Å². The van der Waals surface area contributed by atoms with Gasteiger partial charge in [0, 0.05) is 13.1 Å². The fourth-order valence-electron chi connectivity index (χ4n) is 2.94. The number of hydrogen-bond donors (Lipinski definition) is 0. The first-order chi connectivity index (χ1) is 12.6. The monoisotopic (exact) mass is 357 g/mol. The molecule has 1 aliphatic rings. The van der Waals surface area contributed by atoms with Gasteiger partial charge in [-0.3, -0.25) is 9.59 Å². The predicted octanol–water partition coefficient (Wildman–Crippen LogP) is 2.35.